The van der Waals surface area contributed by atoms with Crippen molar-refractivity contribution in [3.05, 3.63) is 0 Å². The van der Waals surface area contributed by atoms with Crippen LogP contribution >= 0.6 is 0 Å². The smallest absolute Gasteiger partial charge is 0.211 e. The van der Waals surface area contributed by atoms with E-state index in [1.165, 1.54) is 6.08 Å². The molecule has 0 aromatic heterocycles. The zero-order valence-corrected chi connectivity index (χ0v) is 6.69. The quantitative estimate of drug-likeness (QED) is 0.460. The Morgan fingerprint density at radius 2 is 2.08 bits per heavy atom. The number of aliphatic imine (C=N–C) groups is 2. The molecule has 0 spiro atoms. The van der Waals surface area contributed by atoms with Crippen LogP contribution in [0.1, 0.15) is 19.3 Å². The average molecular weight is 166 g/mol. The predicted octanol–water partition coefficient (Wildman–Crippen LogP) is 0.827. The van der Waals surface area contributed by atoms with Gasteiger partial charge in [0.05, 0.1) is 12.6 Å². The van der Waals surface area contributed by atoms with Crippen LogP contribution in [0.3, 0.4) is 0 Å². The summed E-state index contributed by atoms with van der Waals surface area (Å²) in [5, 5.41) is 0. The van der Waals surface area contributed by atoms with Gasteiger partial charge in [-0.2, -0.15) is 0 Å². The molecule has 0 aliphatic heterocycles. The molecule has 0 aromatic rings. The lowest BCUT2D eigenvalue weighted by Gasteiger charge is -2.01. The van der Waals surface area contributed by atoms with E-state index < -0.39 is 0 Å². The van der Waals surface area contributed by atoms with Gasteiger partial charge in [0.25, 0.3) is 0 Å². The van der Waals surface area contributed by atoms with Gasteiger partial charge in [-0.15, -0.1) is 0 Å². The highest BCUT2D eigenvalue weighted by Crippen LogP contribution is 2.27. The zero-order chi connectivity index (χ0) is 8.81. The van der Waals surface area contributed by atoms with Crippen LogP contribution in [0.2, 0.25) is 0 Å². The number of carbonyl (C=O) groups excluding carboxylic acids is 2. The molecule has 12 heavy (non-hydrogen) atoms. The molecule has 1 aliphatic carbocycles. The van der Waals surface area contributed by atoms with Crippen LogP contribution in [0, 0.1) is 5.92 Å². The van der Waals surface area contributed by atoms with Crippen molar-refractivity contribution in [3.63, 3.8) is 0 Å². The third-order valence-electron chi connectivity index (χ3n) is 2.16. The lowest BCUT2D eigenvalue weighted by atomic mass is 10.1. The summed E-state index contributed by atoms with van der Waals surface area (Å²) in [6.07, 6.45) is 5.81. The summed E-state index contributed by atoms with van der Waals surface area (Å²) in [7, 11) is 0. The summed E-state index contributed by atoms with van der Waals surface area (Å²) in [5.74, 6) is 0.397. The second-order valence-electron chi connectivity index (χ2n) is 2.99. The summed E-state index contributed by atoms with van der Waals surface area (Å²) in [5.41, 5.74) is 0. The maximum Gasteiger partial charge on any atom is 0.235 e. The molecule has 2 atom stereocenters. The van der Waals surface area contributed by atoms with E-state index in [-0.39, 0.29) is 6.04 Å². The fraction of sp³-hybridized carbons (Fsp3) is 0.750. The normalized spacial score (nSPS) is 27.3. The first kappa shape index (κ1) is 8.85. The zero-order valence-electron chi connectivity index (χ0n) is 6.69. The molecule has 0 saturated heterocycles. The largest absolute Gasteiger partial charge is 0.235 e. The lowest BCUT2D eigenvalue weighted by molar-refractivity contribution is 0.530. The molecule has 4 nitrogen and oxygen atoms in total. The first-order valence-corrected chi connectivity index (χ1v) is 3.97. The summed E-state index contributed by atoms with van der Waals surface area (Å²) >= 11 is 0. The molecule has 1 aliphatic rings. The van der Waals surface area contributed by atoms with E-state index in [1.54, 1.807) is 6.08 Å². The van der Waals surface area contributed by atoms with Crippen LogP contribution in [0.15, 0.2) is 9.98 Å². The Hall–Kier alpha value is -1.24. The topological polar surface area (TPSA) is 58.9 Å². The molecule has 0 N–H and O–H groups in total. The average Bonchev–Trinajstić information content (AvgIpc) is 2.50. The fourth-order valence-corrected chi connectivity index (χ4v) is 1.57. The summed E-state index contributed by atoms with van der Waals surface area (Å²) in [6, 6.07) is 0.106. The van der Waals surface area contributed by atoms with Crippen molar-refractivity contribution >= 4 is 12.2 Å². The molecule has 64 valence electrons. The number of hydrogen-bond donors (Lipinski definition) is 0. The van der Waals surface area contributed by atoms with Crippen molar-refractivity contribution in [3.8, 4) is 0 Å². The highest BCUT2D eigenvalue weighted by Gasteiger charge is 2.23. The Balaban J connectivity index is 2.34. The summed E-state index contributed by atoms with van der Waals surface area (Å²) in [4.78, 5) is 26.8. The molecule has 0 radical (unpaired) electrons. The third kappa shape index (κ3) is 2.42. The minimum atomic E-state index is 0.106. The maximum atomic E-state index is 9.90. The van der Waals surface area contributed by atoms with Gasteiger partial charge in [-0.05, 0) is 25.2 Å². The van der Waals surface area contributed by atoms with Crippen LogP contribution in [0.25, 0.3) is 0 Å². The first-order valence-electron chi connectivity index (χ1n) is 3.97. The molecule has 1 fully saturated rings. The molecule has 0 bridgehead atoms. The molecule has 4 heteroatoms. The standard InChI is InChI=1S/C8H10N2O2/c11-5-9-4-7-1-2-8(3-7)10-6-12/h7-8H,1-4H2. The lowest BCUT2D eigenvalue weighted by Crippen LogP contribution is -2.01. The third-order valence-corrected chi connectivity index (χ3v) is 2.16. The monoisotopic (exact) mass is 166 g/mol. The van der Waals surface area contributed by atoms with E-state index in [2.05, 4.69) is 9.98 Å². The van der Waals surface area contributed by atoms with E-state index in [0.717, 1.165) is 19.3 Å². The van der Waals surface area contributed by atoms with Gasteiger partial charge in [0.2, 0.25) is 12.2 Å². The second kappa shape index (κ2) is 4.60. The maximum absolute atomic E-state index is 9.90. The van der Waals surface area contributed by atoms with Crippen molar-refractivity contribution in [2.24, 2.45) is 15.9 Å². The van der Waals surface area contributed by atoms with Gasteiger partial charge in [-0.25, -0.2) is 19.6 Å². The van der Waals surface area contributed by atoms with E-state index in [4.69, 9.17) is 0 Å². The molecule has 1 rings (SSSR count). The Morgan fingerprint density at radius 1 is 1.25 bits per heavy atom. The first-order chi connectivity index (χ1) is 5.86. The van der Waals surface area contributed by atoms with Gasteiger partial charge in [0, 0.05) is 0 Å². The highest BCUT2D eigenvalue weighted by molar-refractivity contribution is 5.34. The Labute approximate surface area is 70.4 Å². The number of hydrogen-bond acceptors (Lipinski definition) is 4. The van der Waals surface area contributed by atoms with Gasteiger partial charge >= 0.3 is 0 Å². The van der Waals surface area contributed by atoms with E-state index in [9.17, 15) is 9.59 Å². The van der Waals surface area contributed by atoms with Crippen molar-refractivity contribution < 1.29 is 9.59 Å². The molecule has 2 unspecified atom stereocenters. The number of rotatable bonds is 3. The van der Waals surface area contributed by atoms with Crippen LogP contribution < -0.4 is 0 Å². The highest BCUT2D eigenvalue weighted by atomic mass is 16.1. The van der Waals surface area contributed by atoms with Crippen LogP contribution in [0.4, 0.5) is 0 Å². The molecule has 0 aromatic carbocycles. The van der Waals surface area contributed by atoms with Gasteiger partial charge in [0.1, 0.15) is 0 Å². The SMILES string of the molecule is O=C=NCC1CCC(N=C=O)C1. The predicted molar refractivity (Wildman–Crippen MR) is 42.2 cm³/mol. The Kier molecular flexibility index (Phi) is 3.39. The minimum absolute atomic E-state index is 0.106. The van der Waals surface area contributed by atoms with Crippen LogP contribution in [-0.2, 0) is 9.59 Å². The van der Waals surface area contributed by atoms with Crippen molar-refractivity contribution in [2.45, 2.75) is 25.3 Å². The second-order valence-corrected chi connectivity index (χ2v) is 2.99. The van der Waals surface area contributed by atoms with E-state index in [1.807, 2.05) is 0 Å². The van der Waals surface area contributed by atoms with Gasteiger partial charge in [-0.1, -0.05) is 0 Å². The van der Waals surface area contributed by atoms with Gasteiger partial charge in [-0.3, -0.25) is 0 Å². The van der Waals surface area contributed by atoms with Gasteiger partial charge < -0.3 is 0 Å². The fourth-order valence-electron chi connectivity index (χ4n) is 1.57. The van der Waals surface area contributed by atoms with Crippen LogP contribution in [-0.4, -0.2) is 24.7 Å². The summed E-state index contributed by atoms with van der Waals surface area (Å²) < 4.78 is 0. The molecule has 0 heterocycles. The van der Waals surface area contributed by atoms with Gasteiger partial charge in [0.15, 0.2) is 0 Å². The Bertz CT molecular complexity index is 239. The minimum Gasteiger partial charge on any atom is -0.211 e. The van der Waals surface area contributed by atoms with Crippen molar-refractivity contribution in [1.29, 1.82) is 0 Å². The summed E-state index contributed by atoms with van der Waals surface area (Å²) in [6.45, 7) is 0.522. The van der Waals surface area contributed by atoms with E-state index >= 15 is 0 Å². The Morgan fingerprint density at radius 3 is 2.75 bits per heavy atom. The van der Waals surface area contributed by atoms with Crippen molar-refractivity contribution in [2.75, 3.05) is 6.54 Å². The number of isocyanates is 2. The molecule has 0 amide bonds. The molecular formula is C8H10N2O2. The number of nitrogens with zero attached hydrogens (tertiary/aromatic N) is 2. The van der Waals surface area contributed by atoms with Crippen molar-refractivity contribution in [1.82, 2.24) is 0 Å². The molecular weight excluding hydrogens is 156 g/mol. The molecule has 1 saturated carbocycles. The van der Waals surface area contributed by atoms with E-state index in [0.29, 0.717) is 12.5 Å². The van der Waals surface area contributed by atoms with Crippen LogP contribution in [0.5, 0.6) is 0 Å².